The van der Waals surface area contributed by atoms with Gasteiger partial charge in [-0.05, 0) is 34.9 Å². The van der Waals surface area contributed by atoms with Gasteiger partial charge in [-0.1, -0.05) is 49.7 Å². The molecule has 0 amide bonds. The summed E-state index contributed by atoms with van der Waals surface area (Å²) in [5.41, 5.74) is 3.78. The van der Waals surface area contributed by atoms with E-state index < -0.39 is 0 Å². The summed E-state index contributed by atoms with van der Waals surface area (Å²) >= 11 is 6.33. The maximum absolute atomic E-state index is 8.95. The highest BCUT2D eigenvalue weighted by atomic mass is 35.5. The molecule has 20 heavy (non-hydrogen) atoms. The van der Waals surface area contributed by atoms with Gasteiger partial charge in [-0.15, -0.1) is 0 Å². The number of nitriles is 1. The Morgan fingerprint density at radius 2 is 1.90 bits per heavy atom. The van der Waals surface area contributed by atoms with Gasteiger partial charge in [0.25, 0.3) is 0 Å². The average Bonchev–Trinajstić information content (AvgIpc) is 2.46. The van der Waals surface area contributed by atoms with Crippen LogP contribution >= 0.6 is 11.6 Å². The maximum atomic E-state index is 8.95. The summed E-state index contributed by atoms with van der Waals surface area (Å²) in [5, 5.41) is 13.0. The summed E-state index contributed by atoms with van der Waals surface area (Å²) < 4.78 is 0. The van der Waals surface area contributed by atoms with Crippen molar-refractivity contribution in [2.45, 2.75) is 26.4 Å². The van der Waals surface area contributed by atoms with Crippen molar-refractivity contribution in [3.8, 4) is 17.2 Å². The van der Waals surface area contributed by atoms with Crippen LogP contribution in [0, 0.1) is 11.3 Å². The van der Waals surface area contributed by atoms with E-state index in [9.17, 15) is 0 Å². The van der Waals surface area contributed by atoms with Crippen LogP contribution in [0.5, 0.6) is 0 Å². The van der Waals surface area contributed by atoms with Crippen molar-refractivity contribution in [3.63, 3.8) is 0 Å². The first-order valence-corrected chi connectivity index (χ1v) is 7.00. The third-order valence-electron chi connectivity index (χ3n) is 3.08. The molecule has 1 N–H and O–H groups in total. The normalized spacial score (nSPS) is 10.6. The van der Waals surface area contributed by atoms with Crippen molar-refractivity contribution < 1.29 is 0 Å². The smallest absolute Gasteiger partial charge is 0.0991 e. The Hall–Kier alpha value is -1.82. The minimum Gasteiger partial charge on any atom is -0.310 e. The molecule has 0 aliphatic rings. The largest absolute Gasteiger partial charge is 0.310 e. The molecule has 0 unspecified atom stereocenters. The Kier molecular flexibility index (Phi) is 4.79. The van der Waals surface area contributed by atoms with Crippen LogP contribution in [0.15, 0.2) is 42.5 Å². The standard InChI is InChI=1S/C17H17ClN2/c1-12(2)20-11-16-7-6-15(9-17(16)18)14-5-3-4-13(8-14)10-19/h3-9,12,20H,11H2,1-2H3. The second-order valence-electron chi connectivity index (χ2n) is 5.03. The minimum atomic E-state index is 0.429. The van der Waals surface area contributed by atoms with Gasteiger partial charge >= 0.3 is 0 Å². The Morgan fingerprint density at radius 1 is 1.15 bits per heavy atom. The van der Waals surface area contributed by atoms with E-state index in [0.29, 0.717) is 11.6 Å². The number of hydrogen-bond acceptors (Lipinski definition) is 2. The molecule has 3 heteroatoms. The van der Waals surface area contributed by atoms with E-state index in [0.717, 1.165) is 28.3 Å². The summed E-state index contributed by atoms with van der Waals surface area (Å²) in [6, 6.07) is 16.2. The summed E-state index contributed by atoms with van der Waals surface area (Å²) in [6.45, 7) is 4.97. The number of nitrogens with one attached hydrogen (secondary N) is 1. The van der Waals surface area contributed by atoms with Gasteiger partial charge in [-0.25, -0.2) is 0 Å². The van der Waals surface area contributed by atoms with Gasteiger partial charge in [0.15, 0.2) is 0 Å². The fourth-order valence-corrected chi connectivity index (χ4v) is 2.20. The topological polar surface area (TPSA) is 35.8 Å². The molecule has 2 nitrogen and oxygen atoms in total. The molecular formula is C17H17ClN2. The van der Waals surface area contributed by atoms with Gasteiger partial charge in [0.2, 0.25) is 0 Å². The van der Waals surface area contributed by atoms with Gasteiger partial charge in [0, 0.05) is 17.6 Å². The zero-order chi connectivity index (χ0) is 14.5. The molecule has 2 rings (SSSR count). The third-order valence-corrected chi connectivity index (χ3v) is 3.43. The predicted octanol–water partition coefficient (Wildman–Crippen LogP) is 4.38. The summed E-state index contributed by atoms with van der Waals surface area (Å²) in [6.07, 6.45) is 0. The molecule has 2 aromatic rings. The molecule has 0 atom stereocenters. The Bertz CT molecular complexity index is 642. The number of hydrogen-bond donors (Lipinski definition) is 1. The summed E-state index contributed by atoms with van der Waals surface area (Å²) in [5.74, 6) is 0. The lowest BCUT2D eigenvalue weighted by Crippen LogP contribution is -2.21. The molecule has 0 aliphatic heterocycles. The summed E-state index contributed by atoms with van der Waals surface area (Å²) in [7, 11) is 0. The SMILES string of the molecule is CC(C)NCc1ccc(-c2cccc(C#N)c2)cc1Cl. The van der Waals surface area contributed by atoms with Gasteiger partial charge in [-0.3, -0.25) is 0 Å². The summed E-state index contributed by atoms with van der Waals surface area (Å²) in [4.78, 5) is 0. The molecule has 0 aromatic heterocycles. The van der Waals surface area contributed by atoms with E-state index >= 15 is 0 Å². The first kappa shape index (κ1) is 14.6. The molecule has 2 aromatic carbocycles. The average molecular weight is 285 g/mol. The maximum Gasteiger partial charge on any atom is 0.0991 e. The second kappa shape index (κ2) is 6.56. The zero-order valence-corrected chi connectivity index (χ0v) is 12.4. The van der Waals surface area contributed by atoms with Crippen LogP contribution in [0.3, 0.4) is 0 Å². The van der Waals surface area contributed by atoms with E-state index in [1.807, 2.05) is 36.4 Å². The molecule has 0 saturated heterocycles. The van der Waals surface area contributed by atoms with Gasteiger partial charge in [-0.2, -0.15) is 5.26 Å². The first-order chi connectivity index (χ1) is 9.60. The van der Waals surface area contributed by atoms with Crippen LogP contribution in [0.4, 0.5) is 0 Å². The highest BCUT2D eigenvalue weighted by Gasteiger charge is 2.05. The van der Waals surface area contributed by atoms with E-state index in [2.05, 4.69) is 25.2 Å². The molecule has 102 valence electrons. The fraction of sp³-hybridized carbons (Fsp3) is 0.235. The molecular weight excluding hydrogens is 268 g/mol. The lowest BCUT2D eigenvalue weighted by molar-refractivity contribution is 0.589. The van der Waals surface area contributed by atoms with Gasteiger partial charge < -0.3 is 5.32 Å². The van der Waals surface area contributed by atoms with Crippen molar-refractivity contribution in [1.29, 1.82) is 5.26 Å². The Balaban J connectivity index is 2.26. The van der Waals surface area contributed by atoms with Gasteiger partial charge in [0.05, 0.1) is 11.6 Å². The molecule has 0 fully saturated rings. The van der Waals surface area contributed by atoms with Gasteiger partial charge in [0.1, 0.15) is 0 Å². The molecule has 0 heterocycles. The van der Waals surface area contributed by atoms with Crippen LogP contribution < -0.4 is 5.32 Å². The van der Waals surface area contributed by atoms with E-state index in [1.54, 1.807) is 6.07 Å². The molecule has 0 radical (unpaired) electrons. The van der Waals surface area contributed by atoms with Crippen molar-refractivity contribution >= 4 is 11.6 Å². The first-order valence-electron chi connectivity index (χ1n) is 6.62. The number of nitrogens with zero attached hydrogens (tertiary/aromatic N) is 1. The fourth-order valence-electron chi connectivity index (χ4n) is 1.95. The van der Waals surface area contributed by atoms with Crippen LogP contribution in [0.1, 0.15) is 25.0 Å². The van der Waals surface area contributed by atoms with Crippen LogP contribution in [-0.4, -0.2) is 6.04 Å². The van der Waals surface area contributed by atoms with Crippen molar-refractivity contribution in [2.24, 2.45) is 0 Å². The highest BCUT2D eigenvalue weighted by molar-refractivity contribution is 6.31. The van der Waals surface area contributed by atoms with Crippen LogP contribution in [-0.2, 0) is 6.54 Å². The Labute approximate surface area is 125 Å². The lowest BCUT2D eigenvalue weighted by atomic mass is 10.0. The predicted molar refractivity (Wildman–Crippen MR) is 83.6 cm³/mol. The quantitative estimate of drug-likeness (QED) is 0.904. The lowest BCUT2D eigenvalue weighted by Gasteiger charge is -2.11. The second-order valence-corrected chi connectivity index (χ2v) is 5.44. The van der Waals surface area contributed by atoms with Crippen molar-refractivity contribution in [1.82, 2.24) is 5.32 Å². The molecule has 0 spiro atoms. The van der Waals surface area contributed by atoms with Crippen LogP contribution in [0.2, 0.25) is 5.02 Å². The number of benzene rings is 2. The van der Waals surface area contributed by atoms with Crippen molar-refractivity contribution in [2.75, 3.05) is 0 Å². The zero-order valence-electron chi connectivity index (χ0n) is 11.7. The molecule has 0 saturated carbocycles. The minimum absolute atomic E-state index is 0.429. The highest BCUT2D eigenvalue weighted by Crippen LogP contribution is 2.26. The van der Waals surface area contributed by atoms with Crippen LogP contribution in [0.25, 0.3) is 11.1 Å². The van der Waals surface area contributed by atoms with Crippen molar-refractivity contribution in [3.05, 3.63) is 58.6 Å². The van der Waals surface area contributed by atoms with E-state index in [-0.39, 0.29) is 0 Å². The van der Waals surface area contributed by atoms with E-state index in [4.69, 9.17) is 16.9 Å². The molecule has 0 aliphatic carbocycles. The third kappa shape index (κ3) is 3.60. The van der Waals surface area contributed by atoms with E-state index in [1.165, 1.54) is 0 Å². The number of halogens is 1. The molecule has 0 bridgehead atoms. The monoisotopic (exact) mass is 284 g/mol. The number of rotatable bonds is 4. The Morgan fingerprint density at radius 3 is 2.55 bits per heavy atom.